The quantitative estimate of drug-likeness (QED) is 0.944. The van der Waals surface area contributed by atoms with Crippen molar-refractivity contribution in [1.29, 1.82) is 0 Å². The van der Waals surface area contributed by atoms with E-state index < -0.39 is 9.84 Å². The molecule has 2 aromatic carbocycles. The number of fused-ring (bicyclic) bond motifs is 1. The molecule has 0 radical (unpaired) electrons. The maximum atomic E-state index is 11.6. The lowest BCUT2D eigenvalue weighted by Crippen LogP contribution is -2.20. The Morgan fingerprint density at radius 2 is 1.95 bits per heavy atom. The van der Waals surface area contributed by atoms with Gasteiger partial charge in [-0.25, -0.2) is 8.42 Å². The van der Waals surface area contributed by atoms with Crippen molar-refractivity contribution < 1.29 is 8.42 Å². The second kappa shape index (κ2) is 5.78. The van der Waals surface area contributed by atoms with Crippen LogP contribution in [0.25, 0.3) is 10.8 Å². The van der Waals surface area contributed by atoms with Crippen LogP contribution < -0.4 is 5.32 Å². The molecule has 21 heavy (non-hydrogen) atoms. The second-order valence-electron chi connectivity index (χ2n) is 5.95. The zero-order valence-electron chi connectivity index (χ0n) is 12.2. The minimum Gasteiger partial charge on any atom is -0.313 e. The molecule has 0 aromatic heterocycles. The van der Waals surface area contributed by atoms with Gasteiger partial charge in [-0.15, -0.1) is 0 Å². The molecule has 0 saturated carbocycles. The van der Waals surface area contributed by atoms with Gasteiger partial charge in [-0.1, -0.05) is 36.4 Å². The lowest BCUT2D eigenvalue weighted by Gasteiger charge is -2.20. The summed E-state index contributed by atoms with van der Waals surface area (Å²) in [6, 6.07) is 15.0. The molecule has 1 aliphatic heterocycles. The van der Waals surface area contributed by atoms with Crippen molar-refractivity contribution in [2.45, 2.75) is 18.9 Å². The summed E-state index contributed by atoms with van der Waals surface area (Å²) in [6.07, 6.45) is 1.68. The number of benzene rings is 2. The van der Waals surface area contributed by atoms with Crippen molar-refractivity contribution in [2.24, 2.45) is 5.92 Å². The van der Waals surface area contributed by atoms with Crippen LogP contribution >= 0.6 is 0 Å². The Bertz CT molecular complexity index is 739. The summed E-state index contributed by atoms with van der Waals surface area (Å²) in [5.74, 6) is 0.976. The monoisotopic (exact) mass is 303 g/mol. The van der Waals surface area contributed by atoms with E-state index in [1.807, 2.05) is 19.2 Å². The summed E-state index contributed by atoms with van der Waals surface area (Å²) in [5, 5.41) is 5.81. The number of hydrogen-bond acceptors (Lipinski definition) is 3. The molecular weight excluding hydrogens is 282 g/mol. The predicted octanol–water partition coefficient (Wildman–Crippen LogP) is 2.93. The molecule has 2 atom stereocenters. The molecule has 2 aromatic rings. The van der Waals surface area contributed by atoms with Crippen LogP contribution in [0.2, 0.25) is 0 Å². The number of hydrogen-bond donors (Lipinski definition) is 1. The zero-order chi connectivity index (χ0) is 14.9. The smallest absolute Gasteiger partial charge is 0.150 e. The first kappa shape index (κ1) is 14.5. The SMILES string of the molecule is CNC(CC1CCS(=O)(=O)C1)c1ccc2ccccc2c1. The van der Waals surface area contributed by atoms with Gasteiger partial charge in [-0.3, -0.25) is 0 Å². The maximum Gasteiger partial charge on any atom is 0.150 e. The van der Waals surface area contributed by atoms with Crippen molar-refractivity contribution in [3.8, 4) is 0 Å². The molecule has 4 heteroatoms. The number of nitrogens with one attached hydrogen (secondary N) is 1. The Kier molecular flexibility index (Phi) is 4.00. The molecular formula is C17H21NO2S. The Balaban J connectivity index is 1.81. The van der Waals surface area contributed by atoms with Crippen LogP contribution in [0.15, 0.2) is 42.5 Å². The lowest BCUT2D eigenvalue weighted by atomic mass is 9.93. The van der Waals surface area contributed by atoms with Crippen LogP contribution in [0.1, 0.15) is 24.4 Å². The van der Waals surface area contributed by atoms with Gasteiger partial charge in [-0.2, -0.15) is 0 Å². The fraction of sp³-hybridized carbons (Fsp3) is 0.412. The predicted molar refractivity (Wildman–Crippen MR) is 87.1 cm³/mol. The molecule has 0 aliphatic carbocycles. The van der Waals surface area contributed by atoms with Crippen LogP contribution in [-0.4, -0.2) is 27.0 Å². The van der Waals surface area contributed by atoms with E-state index >= 15 is 0 Å². The van der Waals surface area contributed by atoms with Crippen LogP contribution in [0.5, 0.6) is 0 Å². The van der Waals surface area contributed by atoms with E-state index in [0.29, 0.717) is 11.5 Å². The number of rotatable bonds is 4. The third kappa shape index (κ3) is 3.27. The van der Waals surface area contributed by atoms with Gasteiger partial charge in [0.25, 0.3) is 0 Å². The molecule has 1 aliphatic rings. The average Bonchev–Trinajstić information content (AvgIpc) is 2.83. The van der Waals surface area contributed by atoms with Crippen molar-refractivity contribution >= 4 is 20.6 Å². The third-order valence-electron chi connectivity index (χ3n) is 4.42. The summed E-state index contributed by atoms with van der Waals surface area (Å²) < 4.78 is 23.2. The Labute approximate surface area is 126 Å². The molecule has 1 saturated heterocycles. The van der Waals surface area contributed by atoms with E-state index in [4.69, 9.17) is 0 Å². The molecule has 1 N–H and O–H groups in total. The molecule has 2 unspecified atom stereocenters. The van der Waals surface area contributed by atoms with Gasteiger partial charge in [0.1, 0.15) is 0 Å². The van der Waals surface area contributed by atoms with E-state index in [1.165, 1.54) is 16.3 Å². The highest BCUT2D eigenvalue weighted by atomic mass is 32.2. The highest BCUT2D eigenvalue weighted by molar-refractivity contribution is 7.91. The molecule has 3 rings (SSSR count). The highest BCUT2D eigenvalue weighted by Gasteiger charge is 2.29. The molecule has 0 bridgehead atoms. The standard InChI is InChI=1S/C17H21NO2S/c1-18-17(10-13-8-9-21(19,20)12-13)16-7-6-14-4-2-3-5-15(14)11-16/h2-7,11,13,17-18H,8-10,12H2,1H3. The van der Waals surface area contributed by atoms with Crippen LogP contribution in [0.3, 0.4) is 0 Å². The first-order valence-electron chi connectivity index (χ1n) is 7.44. The second-order valence-corrected chi connectivity index (χ2v) is 8.18. The largest absolute Gasteiger partial charge is 0.313 e. The van der Waals surface area contributed by atoms with Crippen molar-refractivity contribution in [1.82, 2.24) is 5.32 Å². The minimum absolute atomic E-state index is 0.216. The lowest BCUT2D eigenvalue weighted by molar-refractivity contribution is 0.437. The zero-order valence-corrected chi connectivity index (χ0v) is 13.1. The average molecular weight is 303 g/mol. The Morgan fingerprint density at radius 1 is 1.19 bits per heavy atom. The normalized spacial score (nSPS) is 22.4. The summed E-state index contributed by atoms with van der Waals surface area (Å²) in [6.45, 7) is 0. The van der Waals surface area contributed by atoms with E-state index in [0.717, 1.165) is 12.8 Å². The van der Waals surface area contributed by atoms with E-state index in [9.17, 15) is 8.42 Å². The topological polar surface area (TPSA) is 46.2 Å². The molecule has 1 heterocycles. The fourth-order valence-corrected chi connectivity index (χ4v) is 5.12. The van der Waals surface area contributed by atoms with Crippen molar-refractivity contribution in [3.63, 3.8) is 0 Å². The van der Waals surface area contributed by atoms with Gasteiger partial charge in [0.05, 0.1) is 11.5 Å². The molecule has 0 spiro atoms. The number of sulfone groups is 1. The highest BCUT2D eigenvalue weighted by Crippen LogP contribution is 2.30. The Hall–Kier alpha value is -1.39. The summed E-state index contributed by atoms with van der Waals surface area (Å²) in [7, 11) is -0.846. The third-order valence-corrected chi connectivity index (χ3v) is 6.26. The molecule has 112 valence electrons. The van der Waals surface area contributed by atoms with Gasteiger partial charge in [0.2, 0.25) is 0 Å². The van der Waals surface area contributed by atoms with Crippen molar-refractivity contribution in [3.05, 3.63) is 48.0 Å². The van der Waals surface area contributed by atoms with Gasteiger partial charge in [-0.05, 0) is 48.2 Å². The molecule has 1 fully saturated rings. The van der Waals surface area contributed by atoms with Crippen LogP contribution in [-0.2, 0) is 9.84 Å². The van der Waals surface area contributed by atoms with Gasteiger partial charge in [0, 0.05) is 6.04 Å². The van der Waals surface area contributed by atoms with E-state index in [1.54, 1.807) is 0 Å². The summed E-state index contributed by atoms with van der Waals surface area (Å²) in [4.78, 5) is 0. The van der Waals surface area contributed by atoms with E-state index in [2.05, 4.69) is 35.6 Å². The molecule has 0 amide bonds. The van der Waals surface area contributed by atoms with Crippen LogP contribution in [0, 0.1) is 5.92 Å². The Morgan fingerprint density at radius 3 is 2.62 bits per heavy atom. The first-order chi connectivity index (χ1) is 10.1. The fourth-order valence-electron chi connectivity index (χ4n) is 3.24. The summed E-state index contributed by atoms with van der Waals surface area (Å²) >= 11 is 0. The van der Waals surface area contributed by atoms with Crippen LogP contribution in [0.4, 0.5) is 0 Å². The maximum absolute atomic E-state index is 11.6. The van der Waals surface area contributed by atoms with Crippen molar-refractivity contribution in [2.75, 3.05) is 18.6 Å². The van der Waals surface area contributed by atoms with E-state index in [-0.39, 0.29) is 12.0 Å². The first-order valence-corrected chi connectivity index (χ1v) is 9.26. The van der Waals surface area contributed by atoms with Gasteiger partial charge >= 0.3 is 0 Å². The summed E-state index contributed by atoms with van der Waals surface area (Å²) in [5.41, 5.74) is 1.24. The minimum atomic E-state index is -2.79. The van der Waals surface area contributed by atoms with Gasteiger partial charge in [0.15, 0.2) is 9.84 Å². The molecule has 3 nitrogen and oxygen atoms in total. The van der Waals surface area contributed by atoms with Gasteiger partial charge < -0.3 is 5.32 Å².